The minimum atomic E-state index is -4.68. The Kier molecular flexibility index (Phi) is 4.08. The van der Waals surface area contributed by atoms with Crippen molar-refractivity contribution < 1.29 is 22.0 Å². The minimum absolute atomic E-state index is 0.0877. The SMILES string of the molecule is Nc1ccc(Nc2cc(F)c(Br)cc2F)c(C(F)(F)F)c1. The van der Waals surface area contributed by atoms with E-state index < -0.39 is 34.7 Å². The van der Waals surface area contributed by atoms with Gasteiger partial charge < -0.3 is 11.1 Å². The Bertz CT molecular complexity index is 685. The van der Waals surface area contributed by atoms with Crippen molar-refractivity contribution in [2.45, 2.75) is 6.18 Å². The Balaban J connectivity index is 2.47. The third kappa shape index (κ3) is 3.44. The van der Waals surface area contributed by atoms with Gasteiger partial charge in [-0.25, -0.2) is 8.78 Å². The molecule has 0 amide bonds. The molecule has 0 aliphatic heterocycles. The molecule has 21 heavy (non-hydrogen) atoms. The number of benzene rings is 2. The van der Waals surface area contributed by atoms with E-state index in [2.05, 4.69) is 21.2 Å². The molecule has 0 saturated carbocycles. The van der Waals surface area contributed by atoms with Crippen LogP contribution < -0.4 is 11.1 Å². The number of alkyl halides is 3. The monoisotopic (exact) mass is 366 g/mol. The Morgan fingerprint density at radius 2 is 1.62 bits per heavy atom. The topological polar surface area (TPSA) is 38.0 Å². The molecular formula is C13H8BrF5N2. The van der Waals surface area contributed by atoms with E-state index in [4.69, 9.17) is 5.73 Å². The van der Waals surface area contributed by atoms with Gasteiger partial charge in [0.1, 0.15) is 11.6 Å². The highest BCUT2D eigenvalue weighted by Crippen LogP contribution is 2.38. The van der Waals surface area contributed by atoms with Gasteiger partial charge in [-0.1, -0.05) is 0 Å². The first-order valence-corrected chi connectivity index (χ1v) is 6.36. The predicted molar refractivity (Wildman–Crippen MR) is 73.2 cm³/mol. The molecule has 0 bridgehead atoms. The molecule has 3 N–H and O–H groups in total. The first-order valence-electron chi connectivity index (χ1n) is 5.57. The number of hydrogen-bond donors (Lipinski definition) is 2. The van der Waals surface area contributed by atoms with Crippen molar-refractivity contribution in [2.24, 2.45) is 0 Å². The summed E-state index contributed by atoms with van der Waals surface area (Å²) in [6.45, 7) is 0. The zero-order valence-corrected chi connectivity index (χ0v) is 11.8. The van der Waals surface area contributed by atoms with Gasteiger partial charge in [-0.05, 0) is 40.2 Å². The molecule has 0 fully saturated rings. The Morgan fingerprint density at radius 1 is 0.952 bits per heavy atom. The van der Waals surface area contributed by atoms with E-state index in [0.717, 1.165) is 24.3 Å². The van der Waals surface area contributed by atoms with E-state index in [9.17, 15) is 22.0 Å². The van der Waals surface area contributed by atoms with Gasteiger partial charge in [-0.3, -0.25) is 0 Å². The van der Waals surface area contributed by atoms with Crippen molar-refractivity contribution in [3.05, 3.63) is 52.0 Å². The van der Waals surface area contributed by atoms with Gasteiger partial charge >= 0.3 is 6.18 Å². The van der Waals surface area contributed by atoms with Crippen LogP contribution >= 0.6 is 15.9 Å². The fraction of sp³-hybridized carbons (Fsp3) is 0.0769. The van der Waals surface area contributed by atoms with E-state index in [1.807, 2.05) is 0 Å². The van der Waals surface area contributed by atoms with Crippen LogP contribution in [0.4, 0.5) is 39.0 Å². The molecule has 2 aromatic rings. The predicted octanol–water partition coefficient (Wildman–Crippen LogP) is 5.07. The number of nitrogens with one attached hydrogen (secondary N) is 1. The Morgan fingerprint density at radius 3 is 2.24 bits per heavy atom. The molecule has 0 aliphatic rings. The lowest BCUT2D eigenvalue weighted by Crippen LogP contribution is -2.10. The number of hydrogen-bond acceptors (Lipinski definition) is 2. The smallest absolute Gasteiger partial charge is 0.399 e. The van der Waals surface area contributed by atoms with Gasteiger partial charge in [0.2, 0.25) is 0 Å². The molecule has 8 heteroatoms. The van der Waals surface area contributed by atoms with Crippen LogP contribution in [0.15, 0.2) is 34.8 Å². The summed E-state index contributed by atoms with van der Waals surface area (Å²) in [5.41, 5.74) is 3.34. The molecule has 0 radical (unpaired) electrons. The summed E-state index contributed by atoms with van der Waals surface area (Å²) in [4.78, 5) is 0. The summed E-state index contributed by atoms with van der Waals surface area (Å²) in [6, 6.07) is 4.58. The van der Waals surface area contributed by atoms with E-state index in [1.165, 1.54) is 6.07 Å². The molecule has 2 rings (SSSR count). The highest BCUT2D eigenvalue weighted by Gasteiger charge is 2.34. The molecule has 0 spiro atoms. The second kappa shape index (κ2) is 5.51. The number of halogens is 6. The van der Waals surface area contributed by atoms with Crippen LogP contribution in [0.1, 0.15) is 5.56 Å². The maximum Gasteiger partial charge on any atom is 0.418 e. The van der Waals surface area contributed by atoms with Crippen molar-refractivity contribution in [1.29, 1.82) is 0 Å². The van der Waals surface area contributed by atoms with Crippen molar-refractivity contribution in [1.82, 2.24) is 0 Å². The van der Waals surface area contributed by atoms with Gasteiger partial charge in [0.25, 0.3) is 0 Å². The molecule has 0 aromatic heterocycles. The summed E-state index contributed by atoms with van der Waals surface area (Å²) < 4.78 is 65.6. The maximum atomic E-state index is 13.7. The van der Waals surface area contributed by atoms with Crippen LogP contribution in [0, 0.1) is 11.6 Å². The molecule has 2 nitrogen and oxygen atoms in total. The standard InChI is InChI=1S/C13H8BrF5N2/c14-8-4-10(16)12(5-9(8)15)21-11-2-1-6(20)3-7(11)13(17,18)19/h1-5,21H,20H2. The quantitative estimate of drug-likeness (QED) is 0.442. The fourth-order valence-electron chi connectivity index (χ4n) is 1.67. The number of nitrogen functional groups attached to an aromatic ring is 1. The first-order chi connectivity index (χ1) is 9.68. The highest BCUT2D eigenvalue weighted by atomic mass is 79.9. The van der Waals surface area contributed by atoms with Gasteiger partial charge in [0.05, 0.1) is 21.4 Å². The van der Waals surface area contributed by atoms with Crippen molar-refractivity contribution in [2.75, 3.05) is 11.1 Å². The zero-order chi connectivity index (χ0) is 15.8. The molecular weight excluding hydrogens is 359 g/mol. The lowest BCUT2D eigenvalue weighted by molar-refractivity contribution is -0.136. The van der Waals surface area contributed by atoms with E-state index in [1.54, 1.807) is 0 Å². The van der Waals surface area contributed by atoms with Crippen LogP contribution in [-0.4, -0.2) is 0 Å². The molecule has 0 atom stereocenters. The van der Waals surface area contributed by atoms with Gasteiger partial charge in [0, 0.05) is 11.8 Å². The van der Waals surface area contributed by atoms with Crippen LogP contribution in [0.5, 0.6) is 0 Å². The van der Waals surface area contributed by atoms with Gasteiger partial charge in [-0.15, -0.1) is 0 Å². The summed E-state index contributed by atoms with van der Waals surface area (Å²) in [5.74, 6) is -1.70. The van der Waals surface area contributed by atoms with Crippen molar-refractivity contribution in [3.63, 3.8) is 0 Å². The normalized spacial score (nSPS) is 11.5. The molecule has 112 valence electrons. The molecule has 0 heterocycles. The number of rotatable bonds is 2. The highest BCUT2D eigenvalue weighted by molar-refractivity contribution is 9.10. The fourth-order valence-corrected chi connectivity index (χ4v) is 1.98. The molecule has 0 unspecified atom stereocenters. The van der Waals surface area contributed by atoms with Gasteiger partial charge in [-0.2, -0.15) is 13.2 Å². The van der Waals surface area contributed by atoms with Crippen LogP contribution in [0.2, 0.25) is 0 Å². The lowest BCUT2D eigenvalue weighted by atomic mass is 10.1. The minimum Gasteiger partial charge on any atom is -0.399 e. The van der Waals surface area contributed by atoms with Crippen molar-refractivity contribution >= 4 is 33.0 Å². The number of anilines is 3. The second-order valence-corrected chi connectivity index (χ2v) is 5.03. The van der Waals surface area contributed by atoms with Crippen LogP contribution in [0.25, 0.3) is 0 Å². The van der Waals surface area contributed by atoms with E-state index >= 15 is 0 Å². The summed E-state index contributed by atoms with van der Waals surface area (Å²) in [5, 5.41) is 2.23. The summed E-state index contributed by atoms with van der Waals surface area (Å²) >= 11 is 2.78. The Hall–Kier alpha value is -1.83. The molecule has 0 saturated heterocycles. The maximum absolute atomic E-state index is 13.7. The third-order valence-corrected chi connectivity index (χ3v) is 3.24. The van der Waals surface area contributed by atoms with E-state index in [0.29, 0.717) is 0 Å². The third-order valence-electron chi connectivity index (χ3n) is 2.63. The zero-order valence-electron chi connectivity index (χ0n) is 10.2. The Labute approximate surface area is 124 Å². The van der Waals surface area contributed by atoms with Crippen molar-refractivity contribution in [3.8, 4) is 0 Å². The summed E-state index contributed by atoms with van der Waals surface area (Å²) in [7, 11) is 0. The molecule has 2 aromatic carbocycles. The van der Waals surface area contributed by atoms with Gasteiger partial charge in [0.15, 0.2) is 0 Å². The lowest BCUT2D eigenvalue weighted by Gasteiger charge is -2.16. The summed E-state index contributed by atoms with van der Waals surface area (Å²) in [6.07, 6.45) is -4.68. The number of nitrogens with two attached hydrogens (primary N) is 1. The first kappa shape index (κ1) is 15.6. The average Bonchev–Trinajstić information content (AvgIpc) is 2.36. The van der Waals surface area contributed by atoms with Crippen LogP contribution in [0.3, 0.4) is 0 Å². The van der Waals surface area contributed by atoms with E-state index in [-0.39, 0.29) is 10.2 Å². The second-order valence-electron chi connectivity index (χ2n) is 4.17. The average molecular weight is 367 g/mol. The largest absolute Gasteiger partial charge is 0.418 e. The molecule has 0 aliphatic carbocycles. The van der Waals surface area contributed by atoms with Crippen LogP contribution in [-0.2, 0) is 6.18 Å².